The molecule has 1 N–H and O–H groups in total. The van der Waals surface area contributed by atoms with E-state index in [1.54, 1.807) is 0 Å². The highest BCUT2D eigenvalue weighted by atomic mass is 16.5. The van der Waals surface area contributed by atoms with Crippen LogP contribution in [0.15, 0.2) is 36.5 Å². The van der Waals surface area contributed by atoms with Crippen LogP contribution in [0.1, 0.15) is 19.3 Å². The third-order valence-corrected chi connectivity index (χ3v) is 5.52. The Bertz CT molecular complexity index is 949. The van der Waals surface area contributed by atoms with Crippen LogP contribution in [0.5, 0.6) is 0 Å². The van der Waals surface area contributed by atoms with Crippen LogP contribution < -0.4 is 0 Å². The number of imide groups is 2. The Kier molecular flexibility index (Phi) is 9.76. The molecule has 35 heavy (non-hydrogen) atoms. The standard InChI is InChI=1S/C23H27N3O9/c1-24(17(28)4-2-12-27)14-23(16-35-13-9-22(33)34,15-26-20(31)7-8-21(26)32)10-3-11-25-18(29)5-6-19(25)30/h2,4-8,12H,3,9-11,13-16H2,1H3,(H,33,34)/b4-2-. The first kappa shape index (κ1) is 27.3. The van der Waals surface area contributed by atoms with E-state index >= 15 is 0 Å². The van der Waals surface area contributed by atoms with Crippen LogP contribution >= 0.6 is 0 Å². The van der Waals surface area contributed by atoms with Crippen molar-refractivity contribution in [3.05, 3.63) is 36.5 Å². The van der Waals surface area contributed by atoms with Gasteiger partial charge in [-0.3, -0.25) is 43.4 Å². The summed E-state index contributed by atoms with van der Waals surface area (Å²) < 4.78 is 5.59. The van der Waals surface area contributed by atoms with Crippen molar-refractivity contribution < 1.29 is 43.4 Å². The number of carbonyl (C=O) groups is 7. The molecule has 2 aliphatic rings. The predicted octanol–water partition coefficient (Wildman–Crippen LogP) is -0.692. The number of aldehydes is 1. The number of carboxylic acid groups (broad SMARTS) is 1. The van der Waals surface area contributed by atoms with Crippen molar-refractivity contribution in [3.63, 3.8) is 0 Å². The fraction of sp³-hybridized carbons (Fsp3) is 0.435. The normalized spacial score (nSPS) is 17.1. The van der Waals surface area contributed by atoms with E-state index < -0.39 is 40.9 Å². The Morgan fingerprint density at radius 3 is 2.14 bits per heavy atom. The van der Waals surface area contributed by atoms with Crippen LogP contribution in [0.2, 0.25) is 0 Å². The van der Waals surface area contributed by atoms with Crippen molar-refractivity contribution in [3.8, 4) is 0 Å². The van der Waals surface area contributed by atoms with Crippen LogP contribution in [-0.4, -0.2) is 101 Å². The van der Waals surface area contributed by atoms with Gasteiger partial charge in [0.2, 0.25) is 5.91 Å². The number of nitrogens with zero attached hydrogens (tertiary/aromatic N) is 3. The van der Waals surface area contributed by atoms with Crippen LogP contribution in [-0.2, 0) is 38.3 Å². The van der Waals surface area contributed by atoms with E-state index in [2.05, 4.69) is 0 Å². The molecule has 0 radical (unpaired) electrons. The number of carboxylic acids is 1. The maximum atomic E-state index is 12.4. The summed E-state index contributed by atoms with van der Waals surface area (Å²) in [5, 5.41) is 8.91. The van der Waals surface area contributed by atoms with Gasteiger partial charge in [-0.05, 0) is 18.9 Å². The average Bonchev–Trinajstić information content (AvgIpc) is 3.30. The number of hydrogen-bond acceptors (Lipinski definition) is 8. The quantitative estimate of drug-likeness (QED) is 0.136. The van der Waals surface area contributed by atoms with Crippen LogP contribution in [0.3, 0.4) is 0 Å². The maximum absolute atomic E-state index is 12.4. The molecule has 188 valence electrons. The Labute approximate surface area is 201 Å². The average molecular weight is 489 g/mol. The van der Waals surface area contributed by atoms with Crippen molar-refractivity contribution in [2.75, 3.05) is 39.9 Å². The summed E-state index contributed by atoms with van der Waals surface area (Å²) in [5.74, 6) is -3.60. The van der Waals surface area contributed by atoms with Crippen molar-refractivity contribution in [1.29, 1.82) is 0 Å². The Morgan fingerprint density at radius 2 is 1.60 bits per heavy atom. The fourth-order valence-electron chi connectivity index (χ4n) is 3.84. The van der Waals surface area contributed by atoms with E-state index in [1.165, 1.54) is 11.9 Å². The molecule has 0 aromatic heterocycles. The molecule has 12 nitrogen and oxygen atoms in total. The molecule has 0 saturated heterocycles. The molecule has 2 heterocycles. The minimum absolute atomic E-state index is 0.0285. The number of carbonyl (C=O) groups excluding carboxylic acids is 6. The topological polar surface area (TPSA) is 159 Å². The van der Waals surface area contributed by atoms with Gasteiger partial charge >= 0.3 is 5.97 Å². The smallest absolute Gasteiger partial charge is 0.305 e. The SMILES string of the molecule is CN(CC(CCCN1C(=O)C=CC1=O)(COCCC(=O)O)CN1C(=O)C=CC1=O)C(=O)/C=C\C=O. The fourth-order valence-corrected chi connectivity index (χ4v) is 3.84. The highest BCUT2D eigenvalue weighted by Gasteiger charge is 2.39. The van der Waals surface area contributed by atoms with E-state index in [-0.39, 0.29) is 52.1 Å². The van der Waals surface area contributed by atoms with E-state index in [4.69, 9.17) is 9.84 Å². The summed E-state index contributed by atoms with van der Waals surface area (Å²) >= 11 is 0. The zero-order valence-corrected chi connectivity index (χ0v) is 19.3. The van der Waals surface area contributed by atoms with Gasteiger partial charge in [-0.1, -0.05) is 0 Å². The third kappa shape index (κ3) is 7.81. The second kappa shape index (κ2) is 12.5. The lowest BCUT2D eigenvalue weighted by atomic mass is 9.82. The van der Waals surface area contributed by atoms with Crippen LogP contribution in [0.4, 0.5) is 0 Å². The number of hydrogen-bond donors (Lipinski definition) is 1. The zero-order valence-electron chi connectivity index (χ0n) is 19.3. The maximum Gasteiger partial charge on any atom is 0.305 e. The lowest BCUT2D eigenvalue weighted by Gasteiger charge is -2.39. The molecule has 2 aliphatic heterocycles. The van der Waals surface area contributed by atoms with Gasteiger partial charge in [0.05, 0.1) is 19.6 Å². The van der Waals surface area contributed by atoms with Crippen LogP contribution in [0.25, 0.3) is 0 Å². The van der Waals surface area contributed by atoms with E-state index in [9.17, 15) is 33.6 Å². The molecule has 1 unspecified atom stereocenters. The Balaban J connectivity index is 2.27. The van der Waals surface area contributed by atoms with Gasteiger partial charge in [0.1, 0.15) is 6.29 Å². The zero-order chi connectivity index (χ0) is 26.0. The minimum Gasteiger partial charge on any atom is -0.481 e. The Morgan fingerprint density at radius 1 is 1.03 bits per heavy atom. The number of aliphatic carboxylic acids is 1. The van der Waals surface area contributed by atoms with Gasteiger partial charge in [-0.15, -0.1) is 0 Å². The molecule has 0 aromatic carbocycles. The highest BCUT2D eigenvalue weighted by Crippen LogP contribution is 2.30. The molecule has 5 amide bonds. The lowest BCUT2D eigenvalue weighted by molar-refractivity contribution is -0.140. The summed E-state index contributed by atoms with van der Waals surface area (Å²) in [6.07, 6.45) is 7.27. The summed E-state index contributed by atoms with van der Waals surface area (Å²) in [6, 6.07) is 0. The molecular formula is C23H27N3O9. The highest BCUT2D eigenvalue weighted by molar-refractivity contribution is 6.13. The summed E-state index contributed by atoms with van der Waals surface area (Å²) in [7, 11) is 1.47. The second-order valence-electron chi connectivity index (χ2n) is 8.25. The van der Waals surface area contributed by atoms with Crippen molar-refractivity contribution in [1.82, 2.24) is 14.7 Å². The van der Waals surface area contributed by atoms with Gasteiger partial charge in [0.15, 0.2) is 0 Å². The largest absolute Gasteiger partial charge is 0.481 e. The van der Waals surface area contributed by atoms with Gasteiger partial charge in [0, 0.05) is 62.5 Å². The first-order valence-corrected chi connectivity index (χ1v) is 10.8. The number of amides is 5. The number of allylic oxidation sites excluding steroid dienone is 1. The second-order valence-corrected chi connectivity index (χ2v) is 8.25. The first-order valence-electron chi connectivity index (χ1n) is 10.8. The van der Waals surface area contributed by atoms with E-state index in [0.29, 0.717) is 6.29 Å². The number of ether oxygens (including phenoxy) is 1. The van der Waals surface area contributed by atoms with E-state index in [0.717, 1.165) is 46.3 Å². The minimum atomic E-state index is -1.07. The van der Waals surface area contributed by atoms with Gasteiger partial charge < -0.3 is 14.7 Å². The molecule has 0 aromatic rings. The summed E-state index contributed by atoms with van der Waals surface area (Å²) in [5.41, 5.74) is -1.06. The van der Waals surface area contributed by atoms with Crippen molar-refractivity contribution >= 4 is 41.8 Å². The summed E-state index contributed by atoms with van der Waals surface area (Å²) in [4.78, 5) is 85.6. The molecular weight excluding hydrogens is 462 g/mol. The van der Waals surface area contributed by atoms with Gasteiger partial charge in [0.25, 0.3) is 23.6 Å². The first-order chi connectivity index (χ1) is 16.6. The molecule has 0 fully saturated rings. The molecule has 0 spiro atoms. The Hall–Kier alpha value is -3.93. The number of likely N-dealkylation sites (N-methyl/N-ethyl adjacent to an activating group) is 1. The molecule has 2 rings (SSSR count). The molecule has 1 atom stereocenters. The molecule has 12 heteroatoms. The van der Waals surface area contributed by atoms with Gasteiger partial charge in [-0.2, -0.15) is 0 Å². The van der Waals surface area contributed by atoms with Crippen molar-refractivity contribution in [2.24, 2.45) is 5.41 Å². The summed E-state index contributed by atoms with van der Waals surface area (Å²) in [6.45, 7) is -0.386. The number of rotatable bonds is 15. The van der Waals surface area contributed by atoms with Crippen molar-refractivity contribution in [2.45, 2.75) is 19.3 Å². The van der Waals surface area contributed by atoms with Gasteiger partial charge in [-0.25, -0.2) is 0 Å². The predicted molar refractivity (Wildman–Crippen MR) is 119 cm³/mol. The third-order valence-electron chi connectivity index (χ3n) is 5.52. The molecule has 0 aliphatic carbocycles. The van der Waals surface area contributed by atoms with E-state index in [1.807, 2.05) is 0 Å². The lowest BCUT2D eigenvalue weighted by Crippen LogP contribution is -2.50. The molecule has 0 bridgehead atoms. The molecule has 0 saturated carbocycles. The monoisotopic (exact) mass is 489 g/mol. The van der Waals surface area contributed by atoms with Crippen LogP contribution in [0, 0.1) is 5.41 Å².